The molecule has 1 fully saturated rings. The first-order valence-corrected chi connectivity index (χ1v) is 7.40. The largest absolute Gasteiger partial charge is 0.480 e. The molecule has 1 saturated heterocycles. The number of nitrogens with zero attached hydrogens (tertiary/aromatic N) is 1. The van der Waals surface area contributed by atoms with Crippen LogP contribution in [0, 0.1) is 6.92 Å². The lowest BCUT2D eigenvalue weighted by atomic mass is 10.1. The van der Waals surface area contributed by atoms with Gasteiger partial charge in [-0.25, -0.2) is 0 Å². The smallest absolute Gasteiger partial charge is 0.320 e. The number of carboxylic acids is 1. The second-order valence-electron chi connectivity index (χ2n) is 5.54. The molecule has 2 rings (SSSR count). The number of rotatable bonds is 4. The average molecular weight is 290 g/mol. The summed E-state index contributed by atoms with van der Waals surface area (Å²) in [6.07, 6.45) is 3.50. The zero-order chi connectivity index (χ0) is 15.2. The van der Waals surface area contributed by atoms with Gasteiger partial charge in [-0.1, -0.05) is 31.0 Å². The number of hydrogen-bond donors (Lipinski definition) is 2. The van der Waals surface area contributed by atoms with Gasteiger partial charge in [0.2, 0.25) is 5.91 Å². The zero-order valence-corrected chi connectivity index (χ0v) is 12.3. The highest BCUT2D eigenvalue weighted by molar-refractivity contribution is 5.93. The average Bonchev–Trinajstić information content (AvgIpc) is 2.67. The minimum absolute atomic E-state index is 0.130. The van der Waals surface area contributed by atoms with Crippen LogP contribution in [-0.4, -0.2) is 41.0 Å². The molecule has 1 unspecified atom stereocenters. The van der Waals surface area contributed by atoms with Gasteiger partial charge in [-0.15, -0.1) is 0 Å². The Balaban J connectivity index is 2.00. The third-order valence-corrected chi connectivity index (χ3v) is 3.91. The summed E-state index contributed by atoms with van der Waals surface area (Å²) < 4.78 is 0. The van der Waals surface area contributed by atoms with Crippen LogP contribution in [0.3, 0.4) is 0 Å². The Morgan fingerprint density at radius 3 is 2.76 bits per heavy atom. The predicted molar refractivity (Wildman–Crippen MR) is 81.3 cm³/mol. The Kier molecular flexibility index (Phi) is 5.33. The minimum atomic E-state index is -0.833. The summed E-state index contributed by atoms with van der Waals surface area (Å²) in [4.78, 5) is 25.3. The summed E-state index contributed by atoms with van der Waals surface area (Å²) in [5.41, 5.74) is 1.78. The first-order valence-electron chi connectivity index (χ1n) is 7.40. The maximum absolute atomic E-state index is 12.2. The van der Waals surface area contributed by atoms with Gasteiger partial charge in [0.1, 0.15) is 6.04 Å². The van der Waals surface area contributed by atoms with E-state index < -0.39 is 12.0 Å². The number of anilines is 1. The van der Waals surface area contributed by atoms with E-state index in [1.807, 2.05) is 31.2 Å². The molecule has 0 radical (unpaired) electrons. The van der Waals surface area contributed by atoms with Crippen molar-refractivity contribution >= 4 is 17.6 Å². The standard InChI is InChI=1S/C16H22N2O3/c1-12-7-4-5-8-13(12)17-15(19)11-18-10-6-2-3-9-14(18)16(20)21/h4-5,7-8,14H,2-3,6,9-11H2,1H3,(H,17,19)(H,20,21). The molecule has 0 saturated carbocycles. The van der Waals surface area contributed by atoms with Crippen LogP contribution in [0.5, 0.6) is 0 Å². The lowest BCUT2D eigenvalue weighted by Gasteiger charge is -2.26. The SMILES string of the molecule is Cc1ccccc1NC(=O)CN1CCCCCC1C(=O)O. The molecule has 0 aromatic heterocycles. The van der Waals surface area contributed by atoms with E-state index in [-0.39, 0.29) is 12.5 Å². The summed E-state index contributed by atoms with van der Waals surface area (Å²) in [6.45, 7) is 2.73. The molecule has 1 amide bonds. The molecule has 5 nitrogen and oxygen atoms in total. The number of carbonyl (C=O) groups excluding carboxylic acids is 1. The normalized spacial score (nSPS) is 19.8. The molecule has 1 aliphatic rings. The number of amides is 1. The monoisotopic (exact) mass is 290 g/mol. The third kappa shape index (κ3) is 4.29. The molecule has 0 spiro atoms. The van der Waals surface area contributed by atoms with Crippen molar-refractivity contribution in [1.82, 2.24) is 4.90 Å². The molecule has 1 atom stereocenters. The second kappa shape index (κ2) is 7.22. The van der Waals surface area contributed by atoms with Crippen molar-refractivity contribution in [1.29, 1.82) is 0 Å². The van der Waals surface area contributed by atoms with E-state index in [4.69, 9.17) is 0 Å². The summed E-state index contributed by atoms with van der Waals surface area (Å²) in [5, 5.41) is 12.2. The van der Waals surface area contributed by atoms with Crippen LogP contribution in [0.25, 0.3) is 0 Å². The topological polar surface area (TPSA) is 69.6 Å². The van der Waals surface area contributed by atoms with Crippen LogP contribution in [-0.2, 0) is 9.59 Å². The molecule has 1 aromatic rings. The summed E-state index contributed by atoms with van der Waals surface area (Å²) in [5.74, 6) is -0.988. The van der Waals surface area contributed by atoms with Gasteiger partial charge in [0, 0.05) is 5.69 Å². The summed E-state index contributed by atoms with van der Waals surface area (Å²) in [7, 11) is 0. The van der Waals surface area contributed by atoms with Crippen molar-refractivity contribution in [2.24, 2.45) is 0 Å². The number of likely N-dealkylation sites (tertiary alicyclic amines) is 1. The molecule has 5 heteroatoms. The molecule has 2 N–H and O–H groups in total. The first-order chi connectivity index (χ1) is 10.1. The highest BCUT2D eigenvalue weighted by Crippen LogP contribution is 2.18. The Hall–Kier alpha value is -1.88. The van der Waals surface area contributed by atoms with Crippen molar-refractivity contribution in [2.45, 2.75) is 38.6 Å². The van der Waals surface area contributed by atoms with Gasteiger partial charge in [-0.2, -0.15) is 0 Å². The van der Waals surface area contributed by atoms with E-state index in [1.165, 1.54) is 0 Å². The number of hydrogen-bond acceptors (Lipinski definition) is 3. The Morgan fingerprint density at radius 2 is 2.05 bits per heavy atom. The van der Waals surface area contributed by atoms with Crippen LogP contribution in [0.2, 0.25) is 0 Å². The Morgan fingerprint density at radius 1 is 1.29 bits per heavy atom. The van der Waals surface area contributed by atoms with Gasteiger partial charge in [-0.05, 0) is 37.9 Å². The van der Waals surface area contributed by atoms with Crippen LogP contribution in [0.1, 0.15) is 31.2 Å². The molecule has 1 aromatic carbocycles. The number of aliphatic carboxylic acids is 1. The molecule has 21 heavy (non-hydrogen) atoms. The molecule has 0 aliphatic carbocycles. The lowest BCUT2D eigenvalue weighted by molar-refractivity contribution is -0.143. The maximum Gasteiger partial charge on any atom is 0.320 e. The van der Waals surface area contributed by atoms with Crippen LogP contribution < -0.4 is 5.32 Å². The fraction of sp³-hybridized carbons (Fsp3) is 0.500. The fourth-order valence-corrected chi connectivity index (χ4v) is 2.72. The van der Waals surface area contributed by atoms with Gasteiger partial charge in [0.25, 0.3) is 0 Å². The number of aryl methyl sites for hydroxylation is 1. The van der Waals surface area contributed by atoms with Crippen molar-refractivity contribution < 1.29 is 14.7 Å². The third-order valence-electron chi connectivity index (χ3n) is 3.91. The molecule has 1 heterocycles. The van der Waals surface area contributed by atoms with Crippen molar-refractivity contribution in [3.05, 3.63) is 29.8 Å². The summed E-state index contributed by atoms with van der Waals surface area (Å²) in [6, 6.07) is 7.02. The van der Waals surface area contributed by atoms with Crippen molar-refractivity contribution in [2.75, 3.05) is 18.4 Å². The predicted octanol–water partition coefficient (Wildman–Crippen LogP) is 2.26. The first kappa shape index (κ1) is 15.5. The van der Waals surface area contributed by atoms with Crippen LogP contribution >= 0.6 is 0 Å². The maximum atomic E-state index is 12.2. The molecule has 0 bridgehead atoms. The highest BCUT2D eigenvalue weighted by atomic mass is 16.4. The van der Waals surface area contributed by atoms with Crippen LogP contribution in [0.15, 0.2) is 24.3 Å². The number of nitrogens with one attached hydrogen (secondary N) is 1. The fourth-order valence-electron chi connectivity index (χ4n) is 2.72. The number of carbonyl (C=O) groups is 2. The molecular formula is C16H22N2O3. The van der Waals surface area contributed by atoms with E-state index in [9.17, 15) is 14.7 Å². The minimum Gasteiger partial charge on any atom is -0.480 e. The number of benzene rings is 1. The van der Waals surface area contributed by atoms with Gasteiger partial charge >= 0.3 is 5.97 Å². The molecule has 1 aliphatic heterocycles. The van der Waals surface area contributed by atoms with Crippen LogP contribution in [0.4, 0.5) is 5.69 Å². The Labute approximate surface area is 125 Å². The highest BCUT2D eigenvalue weighted by Gasteiger charge is 2.28. The van der Waals surface area contributed by atoms with E-state index in [0.29, 0.717) is 13.0 Å². The number of carboxylic acid groups (broad SMARTS) is 1. The zero-order valence-electron chi connectivity index (χ0n) is 12.3. The van der Waals surface area contributed by atoms with E-state index in [0.717, 1.165) is 30.5 Å². The van der Waals surface area contributed by atoms with Gasteiger partial charge in [-0.3, -0.25) is 14.5 Å². The summed E-state index contributed by atoms with van der Waals surface area (Å²) >= 11 is 0. The van der Waals surface area contributed by atoms with Crippen molar-refractivity contribution in [3.8, 4) is 0 Å². The second-order valence-corrected chi connectivity index (χ2v) is 5.54. The molecular weight excluding hydrogens is 268 g/mol. The van der Waals surface area contributed by atoms with Gasteiger partial charge in [0.05, 0.1) is 6.54 Å². The Bertz CT molecular complexity index is 516. The quantitative estimate of drug-likeness (QED) is 0.892. The number of para-hydroxylation sites is 1. The van der Waals surface area contributed by atoms with Gasteiger partial charge < -0.3 is 10.4 Å². The molecule has 114 valence electrons. The van der Waals surface area contributed by atoms with E-state index in [1.54, 1.807) is 4.90 Å². The van der Waals surface area contributed by atoms with Crippen molar-refractivity contribution in [3.63, 3.8) is 0 Å². The lowest BCUT2D eigenvalue weighted by Crippen LogP contribution is -2.44. The van der Waals surface area contributed by atoms with E-state index in [2.05, 4.69) is 5.32 Å². The van der Waals surface area contributed by atoms with Gasteiger partial charge in [0.15, 0.2) is 0 Å². The van der Waals surface area contributed by atoms with E-state index >= 15 is 0 Å².